The zero-order chi connectivity index (χ0) is 14.7. The van der Waals surface area contributed by atoms with E-state index in [1.165, 1.54) is 12.1 Å². The minimum atomic E-state index is -0.845. The van der Waals surface area contributed by atoms with E-state index < -0.39 is 11.6 Å². The summed E-state index contributed by atoms with van der Waals surface area (Å²) in [5.74, 6) is -1.66. The van der Waals surface area contributed by atoms with Crippen LogP contribution in [0.1, 0.15) is 16.1 Å². The zero-order valence-electron chi connectivity index (χ0n) is 10.5. The number of phenolic OH excluding ortho intramolecular Hbond substituents is 1. The van der Waals surface area contributed by atoms with Crippen LogP contribution in [-0.2, 0) is 0 Å². The van der Waals surface area contributed by atoms with Gasteiger partial charge in [-0.2, -0.15) is 0 Å². The number of carbonyl (C=O) groups is 1. The van der Waals surface area contributed by atoms with Crippen LogP contribution in [0.15, 0.2) is 34.2 Å². The largest absolute Gasteiger partial charge is 0.505 e. The number of H-pyrrole nitrogens is 1. The Morgan fingerprint density at radius 1 is 1.45 bits per heavy atom. The number of carbonyl (C=O) groups excluding carboxylic acids is 1. The van der Waals surface area contributed by atoms with Crippen LogP contribution in [0.5, 0.6) is 5.75 Å². The lowest BCUT2D eigenvalue weighted by atomic mass is 10.1. The Bertz CT molecular complexity index is 715. The van der Waals surface area contributed by atoms with Crippen molar-refractivity contribution < 1.29 is 14.3 Å². The van der Waals surface area contributed by atoms with Crippen molar-refractivity contribution in [2.75, 3.05) is 5.75 Å². The summed E-state index contributed by atoms with van der Waals surface area (Å²) in [5.41, 5.74) is 0.422. The summed E-state index contributed by atoms with van der Waals surface area (Å²) >= 11 is 1.06. The number of nitrogens with zero attached hydrogens (tertiary/aromatic N) is 1. The van der Waals surface area contributed by atoms with Crippen molar-refractivity contribution >= 4 is 17.5 Å². The molecule has 0 unspecified atom stereocenters. The lowest BCUT2D eigenvalue weighted by Gasteiger charge is -2.03. The molecule has 1 aromatic carbocycles. The molecular formula is C13H11FN2O3S. The quantitative estimate of drug-likeness (QED) is 0.511. The van der Waals surface area contributed by atoms with Gasteiger partial charge < -0.3 is 10.1 Å². The van der Waals surface area contributed by atoms with Crippen molar-refractivity contribution in [3.05, 3.63) is 51.7 Å². The monoisotopic (exact) mass is 294 g/mol. The number of phenols is 1. The normalized spacial score (nSPS) is 10.5. The van der Waals surface area contributed by atoms with E-state index in [4.69, 9.17) is 5.11 Å². The van der Waals surface area contributed by atoms with Crippen molar-refractivity contribution in [3.63, 3.8) is 0 Å². The number of hydrogen-bond donors (Lipinski definition) is 2. The van der Waals surface area contributed by atoms with Gasteiger partial charge in [0.2, 0.25) is 0 Å². The molecule has 0 atom stereocenters. The maximum Gasteiger partial charge on any atom is 0.251 e. The van der Waals surface area contributed by atoms with Gasteiger partial charge in [-0.1, -0.05) is 11.8 Å². The standard InChI is InChI=1S/C13H11FN2O3S/c1-7-4-12(19)16-13(15-7)20-6-11(18)8-2-3-10(17)9(14)5-8/h2-5,17H,6H2,1H3,(H,15,16,19). The molecule has 104 valence electrons. The summed E-state index contributed by atoms with van der Waals surface area (Å²) in [6.07, 6.45) is 0. The fourth-order valence-electron chi connectivity index (χ4n) is 1.52. The molecule has 2 N–H and O–H groups in total. The van der Waals surface area contributed by atoms with Gasteiger partial charge in [0.15, 0.2) is 22.5 Å². The highest BCUT2D eigenvalue weighted by molar-refractivity contribution is 7.99. The van der Waals surface area contributed by atoms with Crippen LogP contribution >= 0.6 is 11.8 Å². The molecule has 0 aliphatic rings. The number of halogens is 1. The Labute approximate surface area is 117 Å². The predicted molar refractivity (Wildman–Crippen MR) is 72.7 cm³/mol. The molecule has 5 nitrogen and oxygen atoms in total. The van der Waals surface area contributed by atoms with E-state index in [-0.39, 0.29) is 22.7 Å². The second-order valence-corrected chi connectivity index (χ2v) is 5.03. The van der Waals surface area contributed by atoms with Crippen LogP contribution in [0.2, 0.25) is 0 Å². The third-order valence-corrected chi connectivity index (χ3v) is 3.33. The number of ketones is 1. The minimum Gasteiger partial charge on any atom is -0.505 e. The maximum absolute atomic E-state index is 13.1. The van der Waals surface area contributed by atoms with Crippen molar-refractivity contribution in [3.8, 4) is 5.75 Å². The van der Waals surface area contributed by atoms with Crippen LogP contribution in [0.4, 0.5) is 4.39 Å². The minimum absolute atomic E-state index is 0.0105. The molecule has 1 aromatic heterocycles. The number of rotatable bonds is 4. The van der Waals surface area contributed by atoms with Crippen LogP contribution in [0.3, 0.4) is 0 Å². The number of aromatic nitrogens is 2. The van der Waals surface area contributed by atoms with Gasteiger partial charge in [0.25, 0.3) is 5.56 Å². The van der Waals surface area contributed by atoms with Gasteiger partial charge in [0.1, 0.15) is 0 Å². The number of hydrogen-bond acceptors (Lipinski definition) is 5. The van der Waals surface area contributed by atoms with Crippen LogP contribution in [0.25, 0.3) is 0 Å². The number of Topliss-reactive ketones (excluding diaryl/α,β-unsaturated/α-hetero) is 1. The van der Waals surface area contributed by atoms with Gasteiger partial charge in [-0.25, -0.2) is 9.37 Å². The van der Waals surface area contributed by atoms with Gasteiger partial charge >= 0.3 is 0 Å². The second kappa shape index (κ2) is 5.87. The topological polar surface area (TPSA) is 83.0 Å². The Morgan fingerprint density at radius 2 is 2.20 bits per heavy atom. The van der Waals surface area contributed by atoms with E-state index in [1.54, 1.807) is 6.92 Å². The van der Waals surface area contributed by atoms with E-state index >= 15 is 0 Å². The fraction of sp³-hybridized carbons (Fsp3) is 0.154. The summed E-state index contributed by atoms with van der Waals surface area (Å²) in [5, 5.41) is 9.39. The molecule has 0 aliphatic heterocycles. The SMILES string of the molecule is Cc1cc(=O)[nH]c(SCC(=O)c2ccc(O)c(F)c2)n1. The molecule has 0 bridgehead atoms. The first kappa shape index (κ1) is 14.3. The molecule has 0 saturated carbocycles. The van der Waals surface area contributed by atoms with E-state index in [1.807, 2.05) is 0 Å². The molecule has 0 aliphatic carbocycles. The van der Waals surface area contributed by atoms with Crippen LogP contribution in [0, 0.1) is 12.7 Å². The number of aromatic hydroxyl groups is 1. The number of nitrogens with one attached hydrogen (secondary N) is 1. The van der Waals surface area contributed by atoms with E-state index in [2.05, 4.69) is 9.97 Å². The summed E-state index contributed by atoms with van der Waals surface area (Å²) in [6, 6.07) is 4.79. The molecule has 0 fully saturated rings. The number of aromatic amines is 1. The Balaban J connectivity index is 2.08. The van der Waals surface area contributed by atoms with E-state index in [0.717, 1.165) is 23.9 Å². The molecule has 7 heteroatoms. The first-order valence-electron chi connectivity index (χ1n) is 5.68. The van der Waals surface area contributed by atoms with E-state index in [0.29, 0.717) is 10.9 Å². The summed E-state index contributed by atoms with van der Waals surface area (Å²) in [7, 11) is 0. The van der Waals surface area contributed by atoms with Gasteiger partial charge in [0, 0.05) is 17.3 Å². The summed E-state index contributed by atoms with van der Waals surface area (Å²) in [4.78, 5) is 29.7. The first-order chi connectivity index (χ1) is 9.45. The highest BCUT2D eigenvalue weighted by Gasteiger charge is 2.11. The van der Waals surface area contributed by atoms with Crippen molar-refractivity contribution in [1.29, 1.82) is 0 Å². The molecular weight excluding hydrogens is 283 g/mol. The van der Waals surface area contributed by atoms with Gasteiger partial charge in [0.05, 0.1) is 5.75 Å². The Hall–Kier alpha value is -2.15. The smallest absolute Gasteiger partial charge is 0.251 e. The number of aryl methyl sites for hydroxylation is 1. The third-order valence-electron chi connectivity index (χ3n) is 2.46. The average Bonchev–Trinajstić information content (AvgIpc) is 2.38. The molecule has 0 saturated heterocycles. The zero-order valence-corrected chi connectivity index (χ0v) is 11.3. The van der Waals surface area contributed by atoms with E-state index in [9.17, 15) is 14.0 Å². The molecule has 0 spiro atoms. The van der Waals surface area contributed by atoms with Gasteiger partial charge in [-0.05, 0) is 25.1 Å². The summed E-state index contributed by atoms with van der Waals surface area (Å²) < 4.78 is 13.1. The lowest BCUT2D eigenvalue weighted by Crippen LogP contribution is -2.10. The highest BCUT2D eigenvalue weighted by atomic mass is 32.2. The first-order valence-corrected chi connectivity index (χ1v) is 6.67. The lowest BCUT2D eigenvalue weighted by molar-refractivity contribution is 0.102. The Morgan fingerprint density at radius 3 is 2.85 bits per heavy atom. The molecule has 2 aromatic rings. The molecule has 1 heterocycles. The second-order valence-electron chi connectivity index (χ2n) is 4.07. The average molecular weight is 294 g/mol. The van der Waals surface area contributed by atoms with Crippen molar-refractivity contribution in [1.82, 2.24) is 9.97 Å². The van der Waals surface area contributed by atoms with Crippen molar-refractivity contribution in [2.45, 2.75) is 12.1 Å². The predicted octanol–water partition coefficient (Wildman–Crippen LogP) is 1.90. The molecule has 2 rings (SSSR count). The van der Waals surface area contributed by atoms with Crippen LogP contribution in [-0.4, -0.2) is 26.6 Å². The van der Waals surface area contributed by atoms with Crippen LogP contribution < -0.4 is 5.56 Å². The third kappa shape index (κ3) is 3.45. The Kier molecular flexibility index (Phi) is 4.19. The fourth-order valence-corrected chi connectivity index (χ4v) is 2.33. The van der Waals surface area contributed by atoms with Gasteiger partial charge in [-0.3, -0.25) is 9.59 Å². The molecule has 0 amide bonds. The van der Waals surface area contributed by atoms with Gasteiger partial charge in [-0.15, -0.1) is 0 Å². The maximum atomic E-state index is 13.1. The summed E-state index contributed by atoms with van der Waals surface area (Å²) in [6.45, 7) is 1.68. The number of thioether (sulfide) groups is 1. The highest BCUT2D eigenvalue weighted by Crippen LogP contribution is 2.19. The van der Waals surface area contributed by atoms with Crippen molar-refractivity contribution in [2.24, 2.45) is 0 Å². The number of benzene rings is 1. The molecule has 20 heavy (non-hydrogen) atoms. The molecule has 0 radical (unpaired) electrons.